The lowest BCUT2D eigenvalue weighted by Crippen LogP contribution is -2.42. The Bertz CT molecular complexity index is 894. The van der Waals surface area contributed by atoms with E-state index in [1.165, 1.54) is 0 Å². The van der Waals surface area contributed by atoms with E-state index in [9.17, 15) is 28.6 Å². The molecule has 2 N–H and O–H groups in total. The third-order valence-corrected chi connectivity index (χ3v) is 4.58. The number of aromatic amines is 1. The molecule has 2 rings (SSSR count). The Labute approximate surface area is 157 Å². The molecule has 0 radical (unpaired) electrons. The molecule has 1 saturated heterocycles. The first-order valence-electron chi connectivity index (χ1n) is 7.88. The standard InChI is InChI=1S/C14H19N2O11P/c1-7(17)25-11-9(6-24-28(21,22)23-3)27-13(12(11)26-8(2)18)16-5-4-10(19)15-14(16)20/h4-5,9,11-13H,6H2,1-3H3,(H,21,22)(H,15,19,20)/t9-,11-,12-,13-/m1/s1. The minimum Gasteiger partial charge on any atom is -0.456 e. The van der Waals surface area contributed by atoms with Gasteiger partial charge in [-0.3, -0.25) is 33.0 Å². The molecule has 5 atom stereocenters. The number of carbonyl (C=O) groups is 2. The number of esters is 2. The van der Waals surface area contributed by atoms with E-state index in [4.69, 9.17) is 18.7 Å². The first kappa shape index (κ1) is 22.0. The van der Waals surface area contributed by atoms with Crippen LogP contribution in [0.25, 0.3) is 0 Å². The van der Waals surface area contributed by atoms with Gasteiger partial charge < -0.3 is 19.1 Å². The van der Waals surface area contributed by atoms with Crippen LogP contribution in [-0.4, -0.2) is 58.4 Å². The van der Waals surface area contributed by atoms with E-state index in [2.05, 4.69) is 4.52 Å². The molecule has 0 aliphatic carbocycles. The molecule has 0 spiro atoms. The zero-order valence-electron chi connectivity index (χ0n) is 15.1. The zero-order chi connectivity index (χ0) is 21.1. The van der Waals surface area contributed by atoms with Crippen LogP contribution in [0.1, 0.15) is 20.1 Å². The van der Waals surface area contributed by atoms with Gasteiger partial charge in [0.25, 0.3) is 5.56 Å². The van der Waals surface area contributed by atoms with Crippen molar-refractivity contribution in [3.63, 3.8) is 0 Å². The van der Waals surface area contributed by atoms with E-state index in [0.717, 1.165) is 37.8 Å². The molecule has 0 amide bonds. The maximum atomic E-state index is 12.1. The zero-order valence-corrected chi connectivity index (χ0v) is 16.0. The van der Waals surface area contributed by atoms with Crippen molar-refractivity contribution < 1.29 is 42.3 Å². The molecule has 0 bridgehead atoms. The molecule has 13 nitrogen and oxygen atoms in total. The summed E-state index contributed by atoms with van der Waals surface area (Å²) in [6.07, 6.45) is -4.00. The lowest BCUT2D eigenvalue weighted by atomic mass is 10.1. The Morgan fingerprint density at radius 2 is 1.86 bits per heavy atom. The van der Waals surface area contributed by atoms with Gasteiger partial charge in [-0.2, -0.15) is 0 Å². The maximum absolute atomic E-state index is 12.1. The van der Waals surface area contributed by atoms with Gasteiger partial charge in [0.2, 0.25) is 0 Å². The Kier molecular flexibility index (Phi) is 6.91. The smallest absolute Gasteiger partial charge is 0.456 e. The molecule has 1 unspecified atom stereocenters. The summed E-state index contributed by atoms with van der Waals surface area (Å²) in [7, 11) is -3.44. The number of carbonyl (C=O) groups excluding carboxylic acids is 2. The second-order valence-corrected chi connectivity index (χ2v) is 7.24. The number of aromatic nitrogens is 2. The molecule has 1 aliphatic heterocycles. The quantitative estimate of drug-likeness (QED) is 0.410. The van der Waals surface area contributed by atoms with E-state index >= 15 is 0 Å². The fraction of sp³-hybridized carbons (Fsp3) is 0.571. The molecule has 1 aromatic rings. The number of H-pyrrole nitrogens is 1. The number of rotatable bonds is 7. The molecule has 156 valence electrons. The van der Waals surface area contributed by atoms with Crippen LogP contribution in [0.3, 0.4) is 0 Å². The predicted octanol–water partition coefficient (Wildman–Crippen LogP) is -0.939. The summed E-state index contributed by atoms with van der Waals surface area (Å²) in [5.41, 5.74) is -1.54. The van der Waals surface area contributed by atoms with E-state index in [0.29, 0.717) is 0 Å². The summed E-state index contributed by atoms with van der Waals surface area (Å²) >= 11 is 0. The van der Waals surface area contributed by atoms with Crippen LogP contribution in [0, 0.1) is 0 Å². The minimum atomic E-state index is -4.39. The summed E-state index contributed by atoms with van der Waals surface area (Å²) in [5, 5.41) is 0. The first-order valence-corrected chi connectivity index (χ1v) is 9.38. The number of hydrogen-bond acceptors (Lipinski definition) is 10. The molecule has 1 fully saturated rings. The summed E-state index contributed by atoms with van der Waals surface area (Å²) < 4.78 is 37.4. The largest absolute Gasteiger partial charge is 0.472 e. The molecule has 0 saturated carbocycles. The second-order valence-electron chi connectivity index (χ2n) is 5.68. The van der Waals surface area contributed by atoms with E-state index < -0.39 is 62.2 Å². The van der Waals surface area contributed by atoms with Gasteiger partial charge >= 0.3 is 25.5 Å². The Morgan fingerprint density at radius 1 is 1.25 bits per heavy atom. The molecular weight excluding hydrogens is 403 g/mol. The van der Waals surface area contributed by atoms with Crippen molar-refractivity contribution in [1.82, 2.24) is 9.55 Å². The molecule has 28 heavy (non-hydrogen) atoms. The highest BCUT2D eigenvalue weighted by molar-refractivity contribution is 7.47. The van der Waals surface area contributed by atoms with Gasteiger partial charge in [0.1, 0.15) is 6.10 Å². The Morgan fingerprint density at radius 3 is 2.39 bits per heavy atom. The van der Waals surface area contributed by atoms with E-state index in [1.807, 2.05) is 4.98 Å². The van der Waals surface area contributed by atoms with Crippen molar-refractivity contribution in [3.8, 4) is 0 Å². The van der Waals surface area contributed by atoms with Gasteiger partial charge in [-0.15, -0.1) is 0 Å². The Hall–Kier alpha value is -2.31. The number of hydrogen-bond donors (Lipinski definition) is 2. The monoisotopic (exact) mass is 422 g/mol. The topological polar surface area (TPSA) is 172 Å². The van der Waals surface area contributed by atoms with Gasteiger partial charge in [0.05, 0.1) is 6.61 Å². The molecular formula is C14H19N2O11P. The van der Waals surface area contributed by atoms with Crippen LogP contribution in [0.4, 0.5) is 0 Å². The average molecular weight is 422 g/mol. The third-order valence-electron chi connectivity index (χ3n) is 3.65. The van der Waals surface area contributed by atoms with Gasteiger partial charge in [0.15, 0.2) is 18.4 Å². The third kappa shape index (κ3) is 5.36. The van der Waals surface area contributed by atoms with Gasteiger partial charge in [-0.25, -0.2) is 9.36 Å². The lowest BCUT2D eigenvalue weighted by molar-refractivity contribution is -0.165. The van der Waals surface area contributed by atoms with Gasteiger partial charge in [0, 0.05) is 33.2 Å². The summed E-state index contributed by atoms with van der Waals surface area (Å²) in [4.78, 5) is 57.8. The van der Waals surface area contributed by atoms with Crippen LogP contribution in [0.5, 0.6) is 0 Å². The van der Waals surface area contributed by atoms with Crippen molar-refractivity contribution in [2.75, 3.05) is 13.7 Å². The first-order chi connectivity index (χ1) is 13.0. The normalized spacial score (nSPS) is 26.4. The van der Waals surface area contributed by atoms with Crippen molar-refractivity contribution in [2.45, 2.75) is 38.4 Å². The number of phosphoric ester groups is 1. The lowest BCUT2D eigenvalue weighted by Gasteiger charge is -2.24. The van der Waals surface area contributed by atoms with Crippen LogP contribution < -0.4 is 11.2 Å². The van der Waals surface area contributed by atoms with Crippen LogP contribution in [0.15, 0.2) is 21.9 Å². The molecule has 14 heteroatoms. The molecule has 2 heterocycles. The van der Waals surface area contributed by atoms with E-state index in [-0.39, 0.29) is 0 Å². The van der Waals surface area contributed by atoms with Gasteiger partial charge in [-0.05, 0) is 0 Å². The molecule has 0 aromatic carbocycles. The number of phosphoric acid groups is 1. The highest BCUT2D eigenvalue weighted by Crippen LogP contribution is 2.43. The Balaban J connectivity index is 2.41. The summed E-state index contributed by atoms with van der Waals surface area (Å²) in [6.45, 7) is 1.59. The molecule has 1 aliphatic rings. The van der Waals surface area contributed by atoms with Crippen LogP contribution >= 0.6 is 7.82 Å². The SMILES string of the molecule is COP(=O)(O)OC[C@H]1O[C@@H](n2ccc(=O)[nH]c2=O)[C@H](OC(C)=O)[C@@H]1OC(C)=O. The fourth-order valence-electron chi connectivity index (χ4n) is 2.57. The maximum Gasteiger partial charge on any atom is 0.472 e. The second kappa shape index (κ2) is 8.80. The van der Waals surface area contributed by atoms with Crippen molar-refractivity contribution in [2.24, 2.45) is 0 Å². The highest BCUT2D eigenvalue weighted by Gasteiger charge is 2.51. The highest BCUT2D eigenvalue weighted by atomic mass is 31.2. The van der Waals surface area contributed by atoms with Crippen molar-refractivity contribution in [3.05, 3.63) is 33.1 Å². The fourth-order valence-corrected chi connectivity index (χ4v) is 3.01. The average Bonchev–Trinajstić information content (AvgIpc) is 2.90. The summed E-state index contributed by atoms with van der Waals surface area (Å²) in [6, 6.07) is 1.03. The van der Waals surface area contributed by atoms with Crippen LogP contribution in [0.2, 0.25) is 0 Å². The number of nitrogens with one attached hydrogen (secondary N) is 1. The molecule has 1 aromatic heterocycles. The van der Waals surface area contributed by atoms with E-state index in [1.54, 1.807) is 0 Å². The van der Waals surface area contributed by atoms with Crippen LogP contribution in [-0.2, 0) is 37.4 Å². The number of ether oxygens (including phenoxy) is 3. The number of nitrogens with zero attached hydrogens (tertiary/aromatic N) is 1. The van der Waals surface area contributed by atoms with Gasteiger partial charge in [-0.1, -0.05) is 0 Å². The van der Waals surface area contributed by atoms with Crippen molar-refractivity contribution in [1.29, 1.82) is 0 Å². The minimum absolute atomic E-state index is 0.591. The predicted molar refractivity (Wildman–Crippen MR) is 89.1 cm³/mol. The summed E-state index contributed by atoms with van der Waals surface area (Å²) in [5.74, 6) is -1.52. The van der Waals surface area contributed by atoms with Crippen molar-refractivity contribution >= 4 is 19.8 Å².